The normalized spacial score (nSPS) is 14.0. The highest BCUT2D eigenvalue weighted by molar-refractivity contribution is 9.11. The molecular formula is C13H17Br2NO4S. The maximum absolute atomic E-state index is 12.5. The van der Waals surface area contributed by atoms with Crippen LogP contribution in [0.15, 0.2) is 26.0 Å². The van der Waals surface area contributed by atoms with Crippen molar-refractivity contribution < 1.29 is 18.3 Å². The van der Waals surface area contributed by atoms with Crippen molar-refractivity contribution in [3.05, 3.63) is 26.6 Å². The van der Waals surface area contributed by atoms with Crippen LogP contribution in [-0.4, -0.2) is 25.5 Å². The Morgan fingerprint density at radius 1 is 1.24 bits per heavy atom. The molecule has 0 amide bonds. The molecule has 0 aromatic heterocycles. The number of aryl methyl sites for hydroxylation is 1. The van der Waals surface area contributed by atoms with Crippen molar-refractivity contribution in [3.8, 4) is 0 Å². The predicted octanol–water partition coefficient (Wildman–Crippen LogP) is 3.30. The van der Waals surface area contributed by atoms with Gasteiger partial charge < -0.3 is 5.11 Å². The van der Waals surface area contributed by atoms with Gasteiger partial charge in [0.05, 0.1) is 4.90 Å². The Hall–Kier alpha value is -0.440. The molecule has 1 aromatic carbocycles. The van der Waals surface area contributed by atoms with Crippen LogP contribution >= 0.6 is 31.9 Å². The molecule has 1 rings (SSSR count). The van der Waals surface area contributed by atoms with E-state index in [1.807, 2.05) is 6.92 Å². The van der Waals surface area contributed by atoms with Crippen molar-refractivity contribution in [1.82, 2.24) is 4.72 Å². The third kappa shape index (κ3) is 4.51. The molecule has 0 fully saturated rings. The molecule has 0 heterocycles. The third-order valence-electron chi connectivity index (χ3n) is 2.89. The minimum atomic E-state index is -3.97. The van der Waals surface area contributed by atoms with Crippen molar-refractivity contribution in [1.29, 1.82) is 0 Å². The van der Waals surface area contributed by atoms with E-state index in [0.717, 1.165) is 5.56 Å². The fourth-order valence-corrected chi connectivity index (χ4v) is 4.72. The van der Waals surface area contributed by atoms with Crippen molar-refractivity contribution in [3.63, 3.8) is 0 Å². The molecule has 0 aliphatic carbocycles. The zero-order valence-electron chi connectivity index (χ0n) is 12.1. The molecule has 0 aliphatic heterocycles. The maximum atomic E-state index is 12.5. The SMILES string of the molecule is Cc1cc(Br)c(S(=O)(=O)N[C@@H](C(=O)O)C(C)(C)C)cc1Br. The lowest BCUT2D eigenvalue weighted by Gasteiger charge is -2.27. The molecule has 5 nitrogen and oxygen atoms in total. The van der Waals surface area contributed by atoms with Gasteiger partial charge in [0.2, 0.25) is 10.0 Å². The van der Waals surface area contributed by atoms with Crippen LogP contribution in [-0.2, 0) is 14.8 Å². The van der Waals surface area contributed by atoms with Crippen LogP contribution in [0.25, 0.3) is 0 Å². The van der Waals surface area contributed by atoms with Crippen LogP contribution in [0.1, 0.15) is 26.3 Å². The van der Waals surface area contributed by atoms with Crippen LogP contribution in [0.3, 0.4) is 0 Å². The van der Waals surface area contributed by atoms with Gasteiger partial charge in [-0.3, -0.25) is 4.79 Å². The summed E-state index contributed by atoms with van der Waals surface area (Å²) in [5.41, 5.74) is 0.110. The molecule has 8 heteroatoms. The molecule has 0 unspecified atom stereocenters. The quantitative estimate of drug-likeness (QED) is 0.749. The van der Waals surface area contributed by atoms with Crippen molar-refractivity contribution >= 4 is 47.9 Å². The highest BCUT2D eigenvalue weighted by Gasteiger charge is 2.36. The van der Waals surface area contributed by atoms with Gasteiger partial charge in [-0.15, -0.1) is 0 Å². The van der Waals surface area contributed by atoms with E-state index in [1.54, 1.807) is 26.8 Å². The number of aliphatic carboxylic acids is 1. The van der Waals surface area contributed by atoms with E-state index >= 15 is 0 Å². The Kier molecular flexibility index (Phi) is 5.63. The number of carboxylic acid groups (broad SMARTS) is 1. The number of hydrogen-bond donors (Lipinski definition) is 2. The van der Waals surface area contributed by atoms with E-state index < -0.39 is 27.4 Å². The molecule has 2 N–H and O–H groups in total. The Labute approximate surface area is 141 Å². The van der Waals surface area contributed by atoms with E-state index in [2.05, 4.69) is 36.6 Å². The van der Waals surface area contributed by atoms with Crippen LogP contribution < -0.4 is 4.72 Å². The summed E-state index contributed by atoms with van der Waals surface area (Å²) >= 11 is 6.49. The number of benzene rings is 1. The second-order valence-corrected chi connectivity index (χ2v) is 9.18. The van der Waals surface area contributed by atoms with Crippen molar-refractivity contribution in [2.75, 3.05) is 0 Å². The van der Waals surface area contributed by atoms with Crippen molar-refractivity contribution in [2.24, 2.45) is 5.41 Å². The van der Waals surface area contributed by atoms with E-state index in [9.17, 15) is 18.3 Å². The molecule has 0 aliphatic rings. The summed E-state index contributed by atoms with van der Waals surface area (Å²) in [6.07, 6.45) is 0. The molecule has 0 radical (unpaired) electrons. The van der Waals surface area contributed by atoms with Gasteiger partial charge in [0.25, 0.3) is 0 Å². The van der Waals surface area contributed by atoms with Crippen LogP contribution in [0, 0.1) is 12.3 Å². The zero-order chi connectivity index (χ0) is 16.6. The largest absolute Gasteiger partial charge is 0.480 e. The number of carbonyl (C=O) groups is 1. The molecule has 0 spiro atoms. The maximum Gasteiger partial charge on any atom is 0.322 e. The number of sulfonamides is 1. The van der Waals surface area contributed by atoms with Gasteiger partial charge in [0.1, 0.15) is 6.04 Å². The summed E-state index contributed by atoms with van der Waals surface area (Å²) < 4.78 is 28.2. The minimum absolute atomic E-state index is 0.00419. The second kappa shape index (κ2) is 6.36. The van der Waals surface area contributed by atoms with Gasteiger partial charge in [0, 0.05) is 8.95 Å². The lowest BCUT2D eigenvalue weighted by molar-refractivity contribution is -0.141. The molecule has 1 aromatic rings. The van der Waals surface area contributed by atoms with Crippen LogP contribution in [0.4, 0.5) is 0 Å². The summed E-state index contributed by atoms with van der Waals surface area (Å²) in [7, 11) is -3.97. The second-order valence-electron chi connectivity index (χ2n) is 5.79. The van der Waals surface area contributed by atoms with E-state index in [-0.39, 0.29) is 4.90 Å². The molecule has 118 valence electrons. The standard InChI is InChI=1S/C13H17Br2NO4S/c1-7-5-9(15)10(6-8(7)14)21(19,20)16-11(12(17)18)13(2,3)4/h5-6,11,16H,1-4H3,(H,17,18)/t11-/m0/s1. The van der Waals surface area contributed by atoms with Crippen molar-refractivity contribution in [2.45, 2.75) is 38.6 Å². The molecular weight excluding hydrogens is 426 g/mol. The molecule has 21 heavy (non-hydrogen) atoms. The predicted molar refractivity (Wildman–Crippen MR) is 87.8 cm³/mol. The average Bonchev–Trinajstić information content (AvgIpc) is 2.29. The van der Waals surface area contributed by atoms with E-state index in [0.29, 0.717) is 8.95 Å². The Balaban J connectivity index is 3.30. The number of rotatable bonds is 4. The molecule has 1 atom stereocenters. The molecule has 0 bridgehead atoms. The molecule has 0 saturated heterocycles. The van der Waals surface area contributed by atoms with Gasteiger partial charge in [0.15, 0.2) is 0 Å². The fourth-order valence-electron chi connectivity index (χ4n) is 1.65. The summed E-state index contributed by atoms with van der Waals surface area (Å²) in [4.78, 5) is 11.3. The van der Waals surface area contributed by atoms with Crippen LogP contribution in [0.2, 0.25) is 0 Å². The summed E-state index contributed by atoms with van der Waals surface area (Å²) in [5, 5.41) is 9.24. The molecule has 0 saturated carbocycles. The smallest absolute Gasteiger partial charge is 0.322 e. The van der Waals surface area contributed by atoms with Gasteiger partial charge in [-0.1, -0.05) is 36.7 Å². The minimum Gasteiger partial charge on any atom is -0.480 e. The lowest BCUT2D eigenvalue weighted by atomic mass is 9.88. The first kappa shape index (κ1) is 18.6. The summed E-state index contributed by atoms with van der Waals surface area (Å²) in [6.45, 7) is 6.81. The number of carboxylic acids is 1. The van der Waals surface area contributed by atoms with E-state index in [4.69, 9.17) is 0 Å². The van der Waals surface area contributed by atoms with Crippen LogP contribution in [0.5, 0.6) is 0 Å². The highest BCUT2D eigenvalue weighted by Crippen LogP contribution is 2.30. The Bertz CT molecular complexity index is 665. The first-order valence-corrected chi connectivity index (χ1v) is 9.14. The van der Waals surface area contributed by atoms with E-state index in [1.165, 1.54) is 6.07 Å². The van der Waals surface area contributed by atoms with Gasteiger partial charge in [-0.25, -0.2) is 8.42 Å². The first-order valence-electron chi connectivity index (χ1n) is 6.07. The number of halogens is 2. The van der Waals surface area contributed by atoms with Gasteiger partial charge >= 0.3 is 5.97 Å². The fraction of sp³-hybridized carbons (Fsp3) is 0.462. The Morgan fingerprint density at radius 2 is 1.76 bits per heavy atom. The monoisotopic (exact) mass is 441 g/mol. The third-order valence-corrected chi connectivity index (χ3v) is 6.12. The zero-order valence-corrected chi connectivity index (χ0v) is 16.1. The Morgan fingerprint density at radius 3 is 2.19 bits per heavy atom. The average molecular weight is 443 g/mol. The summed E-state index contributed by atoms with van der Waals surface area (Å²) in [5.74, 6) is -1.21. The lowest BCUT2D eigenvalue weighted by Crippen LogP contribution is -2.49. The van der Waals surface area contributed by atoms with Gasteiger partial charge in [-0.05, 0) is 46.0 Å². The number of hydrogen-bond acceptors (Lipinski definition) is 3. The van der Waals surface area contributed by atoms with Gasteiger partial charge in [-0.2, -0.15) is 4.72 Å². The summed E-state index contributed by atoms with van der Waals surface area (Å²) in [6, 6.07) is 1.88. The topological polar surface area (TPSA) is 83.5 Å². The highest BCUT2D eigenvalue weighted by atomic mass is 79.9. The number of nitrogens with one attached hydrogen (secondary N) is 1. The first-order chi connectivity index (χ1) is 9.36.